The van der Waals surface area contributed by atoms with Gasteiger partial charge in [0.05, 0.1) is 6.04 Å². The third-order valence-electron chi connectivity index (χ3n) is 3.83. The van der Waals surface area contributed by atoms with Crippen molar-refractivity contribution in [1.29, 1.82) is 0 Å². The molecule has 18 heavy (non-hydrogen) atoms. The highest BCUT2D eigenvalue weighted by molar-refractivity contribution is 5.85. The van der Waals surface area contributed by atoms with E-state index in [9.17, 15) is 0 Å². The Labute approximate surface area is 109 Å². The second kappa shape index (κ2) is 4.16. The van der Waals surface area contributed by atoms with E-state index >= 15 is 0 Å². The average molecular weight is 237 g/mol. The summed E-state index contributed by atoms with van der Waals surface area (Å²) < 4.78 is 0. The van der Waals surface area contributed by atoms with Crippen molar-refractivity contribution in [3.05, 3.63) is 53.6 Å². The van der Waals surface area contributed by atoms with Crippen molar-refractivity contribution in [3.63, 3.8) is 0 Å². The summed E-state index contributed by atoms with van der Waals surface area (Å²) in [5.74, 6) is 0.582. The zero-order valence-corrected chi connectivity index (χ0v) is 11.2. The summed E-state index contributed by atoms with van der Waals surface area (Å²) in [6.07, 6.45) is 0. The van der Waals surface area contributed by atoms with E-state index in [2.05, 4.69) is 68.6 Å². The number of para-hydroxylation sites is 1. The molecule has 3 rings (SSSR count). The first-order valence-corrected chi connectivity index (χ1v) is 6.64. The number of nitrogens with one attached hydrogen (secondary N) is 1. The van der Waals surface area contributed by atoms with Crippen molar-refractivity contribution in [2.75, 3.05) is 5.32 Å². The monoisotopic (exact) mass is 237 g/mol. The van der Waals surface area contributed by atoms with E-state index in [4.69, 9.17) is 0 Å². The Hall–Kier alpha value is -1.76. The molecule has 0 spiro atoms. The zero-order chi connectivity index (χ0) is 12.7. The summed E-state index contributed by atoms with van der Waals surface area (Å²) in [7, 11) is 0. The number of rotatable bonds is 1. The van der Waals surface area contributed by atoms with Crippen LogP contribution in [0.25, 0.3) is 11.1 Å². The molecule has 0 bridgehead atoms. The molecule has 1 aliphatic rings. The van der Waals surface area contributed by atoms with Gasteiger partial charge >= 0.3 is 0 Å². The molecule has 0 saturated carbocycles. The highest BCUT2D eigenvalue weighted by Gasteiger charge is 2.26. The molecule has 92 valence electrons. The van der Waals surface area contributed by atoms with Gasteiger partial charge in [0.2, 0.25) is 0 Å². The van der Waals surface area contributed by atoms with Crippen molar-refractivity contribution < 1.29 is 0 Å². The number of benzene rings is 2. The Balaban J connectivity index is 2.26. The summed E-state index contributed by atoms with van der Waals surface area (Å²) in [5.41, 5.74) is 6.77. The molecular weight excluding hydrogens is 218 g/mol. The molecule has 2 aromatic carbocycles. The summed E-state index contributed by atoms with van der Waals surface area (Å²) in [5, 5.41) is 3.72. The van der Waals surface area contributed by atoms with Crippen LogP contribution in [0.2, 0.25) is 0 Å². The van der Waals surface area contributed by atoms with Crippen molar-refractivity contribution in [2.45, 2.75) is 26.8 Å². The lowest BCUT2D eigenvalue weighted by Crippen LogP contribution is -2.22. The molecule has 0 radical (unpaired) electrons. The fraction of sp³-hybridized carbons (Fsp3) is 0.294. The first kappa shape index (κ1) is 11.3. The van der Waals surface area contributed by atoms with Gasteiger partial charge in [0.1, 0.15) is 0 Å². The lowest BCUT2D eigenvalue weighted by Gasteiger charge is -2.33. The van der Waals surface area contributed by atoms with Gasteiger partial charge in [-0.3, -0.25) is 0 Å². The van der Waals surface area contributed by atoms with Crippen LogP contribution in [0, 0.1) is 12.8 Å². The fourth-order valence-electron chi connectivity index (χ4n) is 2.86. The number of hydrogen-bond acceptors (Lipinski definition) is 1. The molecule has 0 aliphatic carbocycles. The SMILES string of the molecule is Cc1cccc2c1NC(C(C)C)c1ccccc1-2. The summed E-state index contributed by atoms with van der Waals surface area (Å²) >= 11 is 0. The van der Waals surface area contributed by atoms with E-state index in [0.29, 0.717) is 12.0 Å². The molecule has 1 heteroatoms. The Morgan fingerprint density at radius 3 is 2.44 bits per heavy atom. The maximum Gasteiger partial charge on any atom is 0.0543 e. The van der Waals surface area contributed by atoms with E-state index in [1.165, 1.54) is 27.9 Å². The van der Waals surface area contributed by atoms with E-state index in [0.717, 1.165) is 0 Å². The van der Waals surface area contributed by atoms with E-state index in [-0.39, 0.29) is 0 Å². The minimum absolute atomic E-state index is 0.412. The Morgan fingerprint density at radius 1 is 0.944 bits per heavy atom. The van der Waals surface area contributed by atoms with Crippen LogP contribution in [0.3, 0.4) is 0 Å². The first-order chi connectivity index (χ1) is 8.68. The summed E-state index contributed by atoms with van der Waals surface area (Å²) in [4.78, 5) is 0. The quantitative estimate of drug-likeness (QED) is 0.752. The van der Waals surface area contributed by atoms with Gasteiger partial charge in [-0.1, -0.05) is 56.3 Å². The molecule has 0 fully saturated rings. The van der Waals surface area contributed by atoms with Gasteiger partial charge in [0.25, 0.3) is 0 Å². The molecule has 1 N–H and O–H groups in total. The maximum atomic E-state index is 3.72. The molecular formula is C17H19N. The van der Waals surface area contributed by atoms with Gasteiger partial charge in [-0.2, -0.15) is 0 Å². The normalized spacial score (nSPS) is 17.0. The van der Waals surface area contributed by atoms with Crippen molar-refractivity contribution >= 4 is 5.69 Å². The van der Waals surface area contributed by atoms with Crippen LogP contribution in [0.5, 0.6) is 0 Å². The first-order valence-electron chi connectivity index (χ1n) is 6.64. The van der Waals surface area contributed by atoms with Gasteiger partial charge in [0.15, 0.2) is 0 Å². The Morgan fingerprint density at radius 2 is 1.67 bits per heavy atom. The summed E-state index contributed by atoms with van der Waals surface area (Å²) in [6.45, 7) is 6.73. The summed E-state index contributed by atoms with van der Waals surface area (Å²) in [6, 6.07) is 15.7. The van der Waals surface area contributed by atoms with Gasteiger partial charge < -0.3 is 5.32 Å². The lowest BCUT2D eigenvalue weighted by molar-refractivity contribution is 0.544. The highest BCUT2D eigenvalue weighted by atomic mass is 14.9. The van der Waals surface area contributed by atoms with Gasteiger partial charge in [-0.15, -0.1) is 0 Å². The van der Waals surface area contributed by atoms with Crippen molar-refractivity contribution in [3.8, 4) is 11.1 Å². The third-order valence-corrected chi connectivity index (χ3v) is 3.83. The van der Waals surface area contributed by atoms with Crippen LogP contribution in [0.4, 0.5) is 5.69 Å². The smallest absolute Gasteiger partial charge is 0.0543 e. The molecule has 0 saturated heterocycles. The van der Waals surface area contributed by atoms with Crippen LogP contribution >= 0.6 is 0 Å². The van der Waals surface area contributed by atoms with Crippen LogP contribution in [-0.2, 0) is 0 Å². The fourth-order valence-corrected chi connectivity index (χ4v) is 2.86. The van der Waals surface area contributed by atoms with Crippen LogP contribution < -0.4 is 5.32 Å². The molecule has 1 heterocycles. The molecule has 1 nitrogen and oxygen atoms in total. The Kier molecular flexibility index (Phi) is 2.62. The van der Waals surface area contributed by atoms with Crippen LogP contribution in [0.1, 0.15) is 31.0 Å². The molecule has 1 unspecified atom stereocenters. The number of anilines is 1. The maximum absolute atomic E-state index is 3.72. The number of aryl methyl sites for hydroxylation is 1. The predicted octanol–water partition coefficient (Wildman–Crippen LogP) is 4.78. The average Bonchev–Trinajstić information content (AvgIpc) is 2.38. The molecule has 1 atom stereocenters. The van der Waals surface area contributed by atoms with E-state index < -0.39 is 0 Å². The topological polar surface area (TPSA) is 12.0 Å². The molecule has 0 amide bonds. The minimum Gasteiger partial charge on any atom is -0.377 e. The lowest BCUT2D eigenvalue weighted by atomic mass is 9.84. The second-order valence-electron chi connectivity index (χ2n) is 5.45. The standard InChI is InChI=1S/C17H19N/c1-11(2)16-14-9-5-4-8-13(14)15-10-6-7-12(3)17(15)18-16/h4-11,16,18H,1-3H3. The van der Waals surface area contributed by atoms with Crippen LogP contribution in [-0.4, -0.2) is 0 Å². The van der Waals surface area contributed by atoms with Gasteiger partial charge in [-0.05, 0) is 29.5 Å². The molecule has 0 aromatic heterocycles. The highest BCUT2D eigenvalue weighted by Crippen LogP contribution is 2.43. The molecule has 1 aliphatic heterocycles. The second-order valence-corrected chi connectivity index (χ2v) is 5.45. The van der Waals surface area contributed by atoms with Gasteiger partial charge in [0, 0.05) is 11.3 Å². The third kappa shape index (κ3) is 1.62. The van der Waals surface area contributed by atoms with Gasteiger partial charge in [-0.25, -0.2) is 0 Å². The largest absolute Gasteiger partial charge is 0.377 e. The minimum atomic E-state index is 0.412. The number of hydrogen-bond donors (Lipinski definition) is 1. The van der Waals surface area contributed by atoms with E-state index in [1.807, 2.05) is 0 Å². The van der Waals surface area contributed by atoms with E-state index in [1.54, 1.807) is 0 Å². The molecule has 2 aromatic rings. The zero-order valence-electron chi connectivity index (χ0n) is 11.2. The Bertz CT molecular complexity index is 584. The number of fused-ring (bicyclic) bond motifs is 3. The van der Waals surface area contributed by atoms with Crippen LogP contribution in [0.15, 0.2) is 42.5 Å². The predicted molar refractivity (Wildman–Crippen MR) is 77.8 cm³/mol. The van der Waals surface area contributed by atoms with Crippen molar-refractivity contribution in [1.82, 2.24) is 0 Å². The van der Waals surface area contributed by atoms with Crippen molar-refractivity contribution in [2.24, 2.45) is 5.92 Å².